The number of hydrogen-bond donors (Lipinski definition) is 4. The minimum Gasteiger partial charge on any atom is -0.364 e. The molecular formula is C13H19N7S2. The monoisotopic (exact) mass is 337 g/mol. The Morgan fingerprint density at radius 3 is 2.14 bits per heavy atom. The van der Waals surface area contributed by atoms with E-state index in [-0.39, 0.29) is 0 Å². The van der Waals surface area contributed by atoms with Gasteiger partial charge in [-0.15, -0.1) is 0 Å². The lowest BCUT2D eigenvalue weighted by Gasteiger charge is -2.09. The van der Waals surface area contributed by atoms with Crippen LogP contribution < -0.4 is 21.5 Å². The second-order valence-corrected chi connectivity index (χ2v) is 4.99. The first-order chi connectivity index (χ1) is 10.6. The Bertz CT molecular complexity index is 569. The fourth-order valence-electron chi connectivity index (χ4n) is 1.37. The maximum absolute atomic E-state index is 5.02. The standard InChI is InChI=1S/C13H19N7S2/c1-9(17-19-12(21)14-2)11(18-20-13(22)15-3)8-10-4-6-16-7-5-10/h4-7H,8H2,1-3H3,(H2,14,19,21)(H2,15,20,22)/b17-9+,18-11-. The summed E-state index contributed by atoms with van der Waals surface area (Å²) in [6.45, 7) is 1.84. The lowest BCUT2D eigenvalue weighted by Crippen LogP contribution is -2.33. The number of nitrogens with one attached hydrogen (secondary N) is 4. The molecule has 7 nitrogen and oxygen atoms in total. The van der Waals surface area contributed by atoms with Crippen molar-refractivity contribution in [3.05, 3.63) is 30.1 Å². The van der Waals surface area contributed by atoms with Crippen LogP contribution in [0.5, 0.6) is 0 Å². The van der Waals surface area contributed by atoms with Gasteiger partial charge in [-0.3, -0.25) is 15.8 Å². The third-order valence-electron chi connectivity index (χ3n) is 2.61. The maximum atomic E-state index is 5.02. The van der Waals surface area contributed by atoms with E-state index in [1.165, 1.54) is 0 Å². The summed E-state index contributed by atoms with van der Waals surface area (Å²) < 4.78 is 0. The van der Waals surface area contributed by atoms with E-state index in [1.54, 1.807) is 26.5 Å². The van der Waals surface area contributed by atoms with Crippen LogP contribution in [0.1, 0.15) is 12.5 Å². The lowest BCUT2D eigenvalue weighted by molar-refractivity contribution is 0.960. The molecule has 4 N–H and O–H groups in total. The molecule has 0 aliphatic heterocycles. The van der Waals surface area contributed by atoms with E-state index in [4.69, 9.17) is 24.4 Å². The number of nitrogens with zero attached hydrogens (tertiary/aromatic N) is 3. The Kier molecular flexibility index (Phi) is 7.94. The van der Waals surface area contributed by atoms with Gasteiger partial charge in [-0.1, -0.05) is 0 Å². The minimum atomic E-state index is 0.429. The van der Waals surface area contributed by atoms with E-state index in [0.29, 0.717) is 22.4 Å². The topological polar surface area (TPSA) is 85.7 Å². The van der Waals surface area contributed by atoms with Crippen LogP contribution >= 0.6 is 24.4 Å². The number of aromatic nitrogens is 1. The average molecular weight is 337 g/mol. The molecule has 0 saturated heterocycles. The zero-order valence-corrected chi connectivity index (χ0v) is 14.3. The van der Waals surface area contributed by atoms with Crippen LogP contribution in [-0.4, -0.2) is 40.7 Å². The van der Waals surface area contributed by atoms with E-state index < -0.39 is 0 Å². The number of hydrogen-bond acceptors (Lipinski definition) is 5. The van der Waals surface area contributed by atoms with Gasteiger partial charge in [0.1, 0.15) is 0 Å². The summed E-state index contributed by atoms with van der Waals surface area (Å²) in [5, 5.41) is 15.0. The van der Waals surface area contributed by atoms with Gasteiger partial charge in [-0.2, -0.15) is 10.2 Å². The normalized spacial score (nSPS) is 11.6. The molecule has 0 aromatic carbocycles. The number of hydrazone groups is 2. The Labute approximate surface area is 140 Å². The minimum absolute atomic E-state index is 0.429. The number of pyridine rings is 1. The molecule has 1 heterocycles. The van der Waals surface area contributed by atoms with Gasteiger partial charge in [0.25, 0.3) is 0 Å². The van der Waals surface area contributed by atoms with E-state index in [0.717, 1.165) is 11.3 Å². The first kappa shape index (κ1) is 17.9. The van der Waals surface area contributed by atoms with Crippen molar-refractivity contribution in [3.63, 3.8) is 0 Å². The van der Waals surface area contributed by atoms with Crippen molar-refractivity contribution in [2.45, 2.75) is 13.3 Å². The largest absolute Gasteiger partial charge is 0.364 e. The molecule has 0 spiro atoms. The van der Waals surface area contributed by atoms with Gasteiger partial charge in [-0.05, 0) is 49.1 Å². The maximum Gasteiger partial charge on any atom is 0.186 e. The molecule has 1 aromatic rings. The van der Waals surface area contributed by atoms with Gasteiger partial charge in [0, 0.05) is 32.9 Å². The molecule has 0 radical (unpaired) electrons. The van der Waals surface area contributed by atoms with Crippen LogP contribution in [0.25, 0.3) is 0 Å². The molecule has 118 valence electrons. The third-order valence-corrected chi connectivity index (χ3v) is 3.20. The van der Waals surface area contributed by atoms with E-state index >= 15 is 0 Å². The predicted octanol–water partition coefficient (Wildman–Crippen LogP) is 0.544. The molecule has 9 heteroatoms. The summed E-state index contributed by atoms with van der Waals surface area (Å²) >= 11 is 10.0. The molecule has 1 aromatic heterocycles. The Morgan fingerprint density at radius 2 is 1.59 bits per heavy atom. The summed E-state index contributed by atoms with van der Waals surface area (Å²) in [4.78, 5) is 4.00. The van der Waals surface area contributed by atoms with Gasteiger partial charge >= 0.3 is 0 Å². The number of rotatable bonds is 5. The molecule has 0 fully saturated rings. The summed E-state index contributed by atoms with van der Waals surface area (Å²) in [7, 11) is 3.44. The molecule has 22 heavy (non-hydrogen) atoms. The SMILES string of the molecule is CNC(=S)N/N=C(Cc1ccncc1)\C(C)=N\NC(=S)NC. The van der Waals surface area contributed by atoms with Crippen LogP contribution in [0, 0.1) is 0 Å². The summed E-state index contributed by atoms with van der Waals surface area (Å²) in [5.74, 6) is 0. The predicted molar refractivity (Wildman–Crippen MR) is 98.1 cm³/mol. The Balaban J connectivity index is 2.90. The summed E-state index contributed by atoms with van der Waals surface area (Å²) in [5.41, 5.74) is 8.00. The molecule has 1 rings (SSSR count). The highest BCUT2D eigenvalue weighted by Gasteiger charge is 2.07. The van der Waals surface area contributed by atoms with Crippen LogP contribution in [0.2, 0.25) is 0 Å². The van der Waals surface area contributed by atoms with Crippen LogP contribution in [0.4, 0.5) is 0 Å². The quantitative estimate of drug-likeness (QED) is 0.354. The van der Waals surface area contributed by atoms with E-state index in [9.17, 15) is 0 Å². The van der Waals surface area contributed by atoms with Crippen molar-refractivity contribution >= 4 is 46.1 Å². The highest BCUT2D eigenvalue weighted by atomic mass is 32.1. The van der Waals surface area contributed by atoms with Crippen LogP contribution in [0.15, 0.2) is 34.7 Å². The molecular weight excluding hydrogens is 318 g/mol. The molecule has 0 aliphatic carbocycles. The summed E-state index contributed by atoms with van der Waals surface area (Å²) in [6, 6.07) is 3.84. The summed E-state index contributed by atoms with van der Waals surface area (Å²) in [6.07, 6.45) is 4.06. The Hall–Kier alpha value is -2.13. The fourth-order valence-corrected chi connectivity index (χ4v) is 1.46. The first-order valence-electron chi connectivity index (χ1n) is 6.52. The molecule has 0 unspecified atom stereocenters. The van der Waals surface area contributed by atoms with Crippen molar-refractivity contribution in [1.82, 2.24) is 26.5 Å². The van der Waals surface area contributed by atoms with Crippen LogP contribution in [-0.2, 0) is 6.42 Å². The third kappa shape index (κ3) is 6.55. The first-order valence-corrected chi connectivity index (χ1v) is 7.34. The van der Waals surface area contributed by atoms with Crippen molar-refractivity contribution in [2.75, 3.05) is 14.1 Å². The highest BCUT2D eigenvalue weighted by molar-refractivity contribution is 7.80. The molecule has 0 bridgehead atoms. The molecule has 0 saturated carbocycles. The van der Waals surface area contributed by atoms with Crippen LogP contribution in [0.3, 0.4) is 0 Å². The van der Waals surface area contributed by atoms with Crippen molar-refractivity contribution in [3.8, 4) is 0 Å². The van der Waals surface area contributed by atoms with E-state index in [1.807, 2.05) is 19.1 Å². The van der Waals surface area contributed by atoms with Crippen molar-refractivity contribution < 1.29 is 0 Å². The zero-order chi connectivity index (χ0) is 16.4. The molecule has 0 atom stereocenters. The van der Waals surface area contributed by atoms with Gasteiger partial charge in [0.15, 0.2) is 10.2 Å². The second-order valence-electron chi connectivity index (χ2n) is 4.17. The smallest absolute Gasteiger partial charge is 0.186 e. The molecule has 0 amide bonds. The van der Waals surface area contributed by atoms with Gasteiger partial charge in [-0.25, -0.2) is 0 Å². The van der Waals surface area contributed by atoms with E-state index in [2.05, 4.69) is 36.7 Å². The highest BCUT2D eigenvalue weighted by Crippen LogP contribution is 2.01. The average Bonchev–Trinajstić information content (AvgIpc) is 2.56. The van der Waals surface area contributed by atoms with Gasteiger partial charge in [0.05, 0.1) is 11.4 Å². The zero-order valence-electron chi connectivity index (χ0n) is 12.7. The Morgan fingerprint density at radius 1 is 1.05 bits per heavy atom. The van der Waals surface area contributed by atoms with Crippen molar-refractivity contribution in [2.24, 2.45) is 10.2 Å². The fraction of sp³-hybridized carbons (Fsp3) is 0.308. The lowest BCUT2D eigenvalue weighted by atomic mass is 10.1. The van der Waals surface area contributed by atoms with Crippen molar-refractivity contribution in [1.29, 1.82) is 0 Å². The van der Waals surface area contributed by atoms with Gasteiger partial charge < -0.3 is 10.6 Å². The number of thiocarbonyl (C=S) groups is 2. The van der Waals surface area contributed by atoms with Gasteiger partial charge in [0.2, 0.25) is 0 Å². The second kappa shape index (κ2) is 9.74. The molecule has 0 aliphatic rings.